The Kier molecular flexibility index (Phi) is 2.47. The largest absolute Gasteiger partial charge is 0.371 e. The first kappa shape index (κ1) is 9.71. The summed E-state index contributed by atoms with van der Waals surface area (Å²) in [4.78, 5) is 2.51. The minimum Gasteiger partial charge on any atom is -0.371 e. The van der Waals surface area contributed by atoms with Gasteiger partial charge in [-0.3, -0.25) is 0 Å². The first-order valence-electron chi connectivity index (χ1n) is 5.88. The average Bonchev–Trinajstić information content (AvgIpc) is 2.93. The van der Waals surface area contributed by atoms with Crippen molar-refractivity contribution in [3.8, 4) is 0 Å². The van der Waals surface area contributed by atoms with Gasteiger partial charge in [0.15, 0.2) is 0 Å². The maximum Gasteiger partial charge on any atom is 0.0380 e. The van der Waals surface area contributed by atoms with Crippen LogP contribution in [0.4, 0.5) is 5.69 Å². The van der Waals surface area contributed by atoms with Gasteiger partial charge < -0.3 is 4.90 Å². The average molecular weight is 266 g/mol. The van der Waals surface area contributed by atoms with Crippen LogP contribution in [-0.2, 0) is 0 Å². The summed E-state index contributed by atoms with van der Waals surface area (Å²) in [6, 6.07) is 6.95. The molecule has 0 amide bonds. The number of hydrogen-bond acceptors (Lipinski definition) is 1. The van der Waals surface area contributed by atoms with Gasteiger partial charge in [0, 0.05) is 23.2 Å². The van der Waals surface area contributed by atoms with Crippen molar-refractivity contribution in [2.75, 3.05) is 18.0 Å². The molecule has 0 aromatic heterocycles. The molecule has 15 heavy (non-hydrogen) atoms. The maximum atomic E-state index is 3.63. The lowest BCUT2D eigenvalue weighted by Gasteiger charge is -2.19. The molecule has 1 aromatic rings. The van der Waals surface area contributed by atoms with Gasteiger partial charge >= 0.3 is 0 Å². The fraction of sp³-hybridized carbons (Fsp3) is 0.538. The van der Waals surface area contributed by atoms with Crippen LogP contribution < -0.4 is 4.90 Å². The zero-order valence-corrected chi connectivity index (χ0v) is 10.5. The van der Waals surface area contributed by atoms with Gasteiger partial charge in [0.1, 0.15) is 0 Å². The van der Waals surface area contributed by atoms with Crippen LogP contribution in [0.3, 0.4) is 0 Å². The smallest absolute Gasteiger partial charge is 0.0380 e. The van der Waals surface area contributed by atoms with Gasteiger partial charge in [0.05, 0.1) is 0 Å². The monoisotopic (exact) mass is 265 g/mol. The van der Waals surface area contributed by atoms with Crippen molar-refractivity contribution >= 4 is 21.6 Å². The molecule has 0 spiro atoms. The summed E-state index contributed by atoms with van der Waals surface area (Å²) in [5.41, 5.74) is 2.95. The Bertz CT molecular complexity index is 365. The van der Waals surface area contributed by atoms with Crippen molar-refractivity contribution in [3.05, 3.63) is 28.2 Å². The maximum absolute atomic E-state index is 3.63. The number of rotatable bonds is 2. The normalized spacial score (nSPS) is 21.0. The van der Waals surface area contributed by atoms with Gasteiger partial charge in [-0.15, -0.1) is 0 Å². The van der Waals surface area contributed by atoms with Gasteiger partial charge in [-0.05, 0) is 55.4 Å². The Hall–Kier alpha value is -0.500. The van der Waals surface area contributed by atoms with Crippen LogP contribution in [0.15, 0.2) is 22.7 Å². The lowest BCUT2D eigenvalue weighted by molar-refractivity contribution is 0.949. The highest BCUT2D eigenvalue weighted by atomic mass is 79.9. The lowest BCUT2D eigenvalue weighted by Crippen LogP contribution is -2.17. The van der Waals surface area contributed by atoms with Gasteiger partial charge in [-0.2, -0.15) is 0 Å². The standard InChI is InChI=1S/C13H16BrN/c14-12-7-11(10-3-4-10)8-13(9-12)15-5-1-2-6-15/h7-10H,1-6H2. The summed E-state index contributed by atoms with van der Waals surface area (Å²) in [5, 5.41) is 0. The van der Waals surface area contributed by atoms with Crippen molar-refractivity contribution < 1.29 is 0 Å². The molecule has 2 heteroatoms. The van der Waals surface area contributed by atoms with E-state index in [9.17, 15) is 0 Å². The Labute approximate surface area is 99.6 Å². The van der Waals surface area contributed by atoms with Gasteiger partial charge in [-0.1, -0.05) is 15.9 Å². The summed E-state index contributed by atoms with van der Waals surface area (Å²) in [6.45, 7) is 2.47. The molecule has 0 radical (unpaired) electrons. The molecular formula is C13H16BrN. The quantitative estimate of drug-likeness (QED) is 0.784. The van der Waals surface area contributed by atoms with Crippen LogP contribution in [0.1, 0.15) is 37.2 Å². The Morgan fingerprint density at radius 3 is 2.47 bits per heavy atom. The molecular weight excluding hydrogens is 250 g/mol. The highest BCUT2D eigenvalue weighted by Gasteiger charge is 2.25. The topological polar surface area (TPSA) is 3.24 Å². The van der Waals surface area contributed by atoms with E-state index in [-0.39, 0.29) is 0 Å². The van der Waals surface area contributed by atoms with Crippen molar-refractivity contribution in [1.29, 1.82) is 0 Å². The molecule has 0 bridgehead atoms. The molecule has 2 aliphatic rings. The zero-order valence-electron chi connectivity index (χ0n) is 8.88. The summed E-state index contributed by atoms with van der Waals surface area (Å²) < 4.78 is 1.24. The van der Waals surface area contributed by atoms with Crippen molar-refractivity contribution in [2.45, 2.75) is 31.6 Å². The number of nitrogens with zero attached hydrogens (tertiary/aromatic N) is 1. The minimum atomic E-state index is 0.851. The van der Waals surface area contributed by atoms with Crippen LogP contribution >= 0.6 is 15.9 Å². The Balaban J connectivity index is 1.91. The van der Waals surface area contributed by atoms with Gasteiger partial charge in [0.25, 0.3) is 0 Å². The SMILES string of the molecule is Brc1cc(C2CC2)cc(N2CCCC2)c1. The minimum absolute atomic E-state index is 0.851. The van der Waals surface area contributed by atoms with Crippen molar-refractivity contribution in [3.63, 3.8) is 0 Å². The molecule has 0 unspecified atom stereocenters. The Morgan fingerprint density at radius 2 is 1.80 bits per heavy atom. The third kappa shape index (κ3) is 2.05. The fourth-order valence-corrected chi connectivity index (χ4v) is 2.91. The van der Waals surface area contributed by atoms with Crippen molar-refractivity contribution in [1.82, 2.24) is 0 Å². The number of hydrogen-bond donors (Lipinski definition) is 0. The molecule has 3 rings (SSSR count). The van der Waals surface area contributed by atoms with E-state index in [1.54, 1.807) is 0 Å². The van der Waals surface area contributed by atoms with E-state index >= 15 is 0 Å². The second-order valence-electron chi connectivity index (χ2n) is 4.71. The first-order chi connectivity index (χ1) is 7.33. The molecule has 2 fully saturated rings. The number of benzene rings is 1. The van der Waals surface area contributed by atoms with E-state index in [2.05, 4.69) is 39.0 Å². The van der Waals surface area contributed by atoms with Gasteiger partial charge in [0.2, 0.25) is 0 Å². The molecule has 1 saturated heterocycles. The molecule has 1 heterocycles. The van der Waals surface area contributed by atoms with E-state index < -0.39 is 0 Å². The van der Waals surface area contributed by atoms with E-state index in [4.69, 9.17) is 0 Å². The molecule has 1 aliphatic heterocycles. The van der Waals surface area contributed by atoms with E-state index in [0.717, 1.165) is 5.92 Å². The van der Waals surface area contributed by atoms with Crippen LogP contribution in [0.5, 0.6) is 0 Å². The van der Waals surface area contributed by atoms with Crippen molar-refractivity contribution in [2.24, 2.45) is 0 Å². The predicted octanol–water partition coefficient (Wildman–Crippen LogP) is 3.93. The highest BCUT2D eigenvalue weighted by molar-refractivity contribution is 9.10. The number of halogens is 1. The second kappa shape index (κ2) is 3.82. The summed E-state index contributed by atoms with van der Waals surface area (Å²) in [7, 11) is 0. The molecule has 1 aromatic carbocycles. The molecule has 0 N–H and O–H groups in total. The second-order valence-corrected chi connectivity index (χ2v) is 5.63. The lowest BCUT2D eigenvalue weighted by atomic mass is 10.1. The zero-order chi connectivity index (χ0) is 10.3. The molecule has 80 valence electrons. The van der Waals surface area contributed by atoms with Crippen LogP contribution in [0.25, 0.3) is 0 Å². The summed E-state index contributed by atoms with van der Waals surface area (Å²) in [5.74, 6) is 0.851. The van der Waals surface area contributed by atoms with Crippen LogP contribution in [0.2, 0.25) is 0 Å². The summed E-state index contributed by atoms with van der Waals surface area (Å²) >= 11 is 3.63. The van der Waals surface area contributed by atoms with E-state index in [1.165, 1.54) is 54.5 Å². The number of anilines is 1. The third-order valence-corrected chi connectivity index (χ3v) is 3.88. The first-order valence-corrected chi connectivity index (χ1v) is 6.68. The third-order valence-electron chi connectivity index (χ3n) is 3.42. The summed E-state index contributed by atoms with van der Waals surface area (Å²) in [6.07, 6.45) is 5.47. The molecule has 1 saturated carbocycles. The Morgan fingerprint density at radius 1 is 1.07 bits per heavy atom. The molecule has 0 atom stereocenters. The fourth-order valence-electron chi connectivity index (χ4n) is 2.41. The highest BCUT2D eigenvalue weighted by Crippen LogP contribution is 2.42. The van der Waals surface area contributed by atoms with Crippen LogP contribution in [-0.4, -0.2) is 13.1 Å². The predicted molar refractivity (Wildman–Crippen MR) is 67.6 cm³/mol. The molecule has 1 nitrogen and oxygen atoms in total. The van der Waals surface area contributed by atoms with Crippen LogP contribution in [0, 0.1) is 0 Å². The van der Waals surface area contributed by atoms with E-state index in [0.29, 0.717) is 0 Å². The van der Waals surface area contributed by atoms with E-state index in [1.807, 2.05) is 0 Å². The molecule has 1 aliphatic carbocycles. The van der Waals surface area contributed by atoms with Gasteiger partial charge in [-0.25, -0.2) is 0 Å².